The summed E-state index contributed by atoms with van der Waals surface area (Å²) >= 11 is 3.25. The third-order valence-electron chi connectivity index (χ3n) is 2.22. The van der Waals surface area contributed by atoms with Crippen LogP contribution in [0.4, 0.5) is 4.39 Å². The van der Waals surface area contributed by atoms with Crippen LogP contribution in [0, 0.1) is 5.82 Å². The van der Waals surface area contributed by atoms with E-state index in [9.17, 15) is 9.18 Å². The van der Waals surface area contributed by atoms with Crippen molar-refractivity contribution in [2.45, 2.75) is 25.3 Å². The largest absolute Gasteiger partial charge is 0.481 e. The van der Waals surface area contributed by atoms with E-state index in [-0.39, 0.29) is 18.3 Å². The van der Waals surface area contributed by atoms with Crippen molar-refractivity contribution in [1.82, 2.24) is 0 Å². The Bertz CT molecular complexity index is 384. The first-order valence-electron chi connectivity index (χ1n) is 4.90. The molecule has 0 spiro atoms. The van der Waals surface area contributed by atoms with Gasteiger partial charge in [-0.2, -0.15) is 0 Å². The monoisotopic (exact) mass is 289 g/mol. The second-order valence-electron chi connectivity index (χ2n) is 3.63. The van der Waals surface area contributed by atoms with Gasteiger partial charge in [-0.05, 0) is 36.6 Å². The second-order valence-corrected chi connectivity index (χ2v) is 4.55. The van der Waals surface area contributed by atoms with Gasteiger partial charge in [0.2, 0.25) is 0 Å². The zero-order chi connectivity index (χ0) is 12.1. The predicted molar refractivity (Wildman–Crippen MR) is 62.6 cm³/mol. The van der Waals surface area contributed by atoms with Gasteiger partial charge in [0.05, 0.1) is 0 Å². The van der Waals surface area contributed by atoms with Crippen molar-refractivity contribution in [1.29, 1.82) is 0 Å². The molecule has 1 atom stereocenters. The Morgan fingerprint density at radius 2 is 2.25 bits per heavy atom. The molecule has 1 unspecified atom stereocenters. The quantitative estimate of drug-likeness (QED) is 0.874. The molecule has 0 saturated carbocycles. The number of carbonyl (C=O) groups is 1. The number of halogens is 2. The molecule has 0 aliphatic carbocycles. The number of carboxylic acids is 1. The van der Waals surface area contributed by atoms with E-state index in [0.29, 0.717) is 18.4 Å². The van der Waals surface area contributed by atoms with Gasteiger partial charge in [-0.1, -0.05) is 15.9 Å². The van der Waals surface area contributed by atoms with Gasteiger partial charge in [0.15, 0.2) is 0 Å². The topological polar surface area (TPSA) is 63.3 Å². The lowest BCUT2D eigenvalue weighted by atomic mass is 10.0. The molecule has 0 amide bonds. The molecule has 16 heavy (non-hydrogen) atoms. The Hall–Kier alpha value is -0.940. The van der Waals surface area contributed by atoms with E-state index in [4.69, 9.17) is 10.8 Å². The van der Waals surface area contributed by atoms with E-state index in [0.717, 1.165) is 4.47 Å². The summed E-state index contributed by atoms with van der Waals surface area (Å²) in [4.78, 5) is 10.3. The highest BCUT2D eigenvalue weighted by molar-refractivity contribution is 9.10. The Balaban J connectivity index is 2.58. The van der Waals surface area contributed by atoms with Gasteiger partial charge in [0.25, 0.3) is 0 Å². The molecule has 0 fully saturated rings. The van der Waals surface area contributed by atoms with Gasteiger partial charge >= 0.3 is 5.97 Å². The van der Waals surface area contributed by atoms with Crippen LogP contribution in [0.15, 0.2) is 22.7 Å². The molecule has 0 bridgehead atoms. The first-order valence-corrected chi connectivity index (χ1v) is 5.69. The first kappa shape index (κ1) is 13.1. The molecule has 1 aromatic carbocycles. The summed E-state index contributed by atoms with van der Waals surface area (Å²) in [6.07, 6.45) is 0.705. The Morgan fingerprint density at radius 1 is 1.56 bits per heavy atom. The number of hydrogen-bond acceptors (Lipinski definition) is 2. The molecule has 0 saturated heterocycles. The van der Waals surface area contributed by atoms with Gasteiger partial charge in [0.1, 0.15) is 5.82 Å². The highest BCUT2D eigenvalue weighted by atomic mass is 79.9. The molecule has 1 aromatic rings. The summed E-state index contributed by atoms with van der Waals surface area (Å²) in [6, 6.07) is 4.31. The van der Waals surface area contributed by atoms with Crippen molar-refractivity contribution in [2.24, 2.45) is 5.73 Å². The van der Waals surface area contributed by atoms with Crippen LogP contribution < -0.4 is 5.73 Å². The fourth-order valence-electron chi connectivity index (χ4n) is 1.39. The van der Waals surface area contributed by atoms with Crippen LogP contribution in [0.2, 0.25) is 0 Å². The minimum absolute atomic E-state index is 0.0107. The van der Waals surface area contributed by atoms with Gasteiger partial charge in [-0.3, -0.25) is 4.79 Å². The lowest BCUT2D eigenvalue weighted by molar-refractivity contribution is -0.137. The maximum absolute atomic E-state index is 13.3. The molecule has 88 valence electrons. The van der Waals surface area contributed by atoms with E-state index in [1.807, 2.05) is 0 Å². The summed E-state index contributed by atoms with van der Waals surface area (Å²) in [5, 5.41) is 8.49. The molecule has 0 aliphatic heterocycles. The number of carboxylic acid groups (broad SMARTS) is 1. The maximum Gasteiger partial charge on any atom is 0.303 e. The van der Waals surface area contributed by atoms with Gasteiger partial charge in [0, 0.05) is 16.9 Å². The Kier molecular flexibility index (Phi) is 4.89. The lowest BCUT2D eigenvalue weighted by Gasteiger charge is -2.11. The van der Waals surface area contributed by atoms with Crippen LogP contribution >= 0.6 is 15.9 Å². The predicted octanol–water partition coefficient (Wildman–Crippen LogP) is 2.32. The summed E-state index contributed by atoms with van der Waals surface area (Å²) < 4.78 is 14.1. The number of rotatable bonds is 5. The van der Waals surface area contributed by atoms with Crippen LogP contribution in [-0.2, 0) is 11.2 Å². The highest BCUT2D eigenvalue weighted by Gasteiger charge is 2.10. The molecule has 3 N–H and O–H groups in total. The van der Waals surface area contributed by atoms with E-state index >= 15 is 0 Å². The minimum atomic E-state index is -0.884. The zero-order valence-electron chi connectivity index (χ0n) is 8.62. The molecule has 3 nitrogen and oxygen atoms in total. The van der Waals surface area contributed by atoms with Crippen LogP contribution in [0.5, 0.6) is 0 Å². The van der Waals surface area contributed by atoms with Crippen LogP contribution in [0.1, 0.15) is 18.4 Å². The minimum Gasteiger partial charge on any atom is -0.481 e. The summed E-state index contributed by atoms with van der Waals surface area (Å²) in [6.45, 7) is 0. The third kappa shape index (κ3) is 4.28. The van der Waals surface area contributed by atoms with E-state index in [1.165, 1.54) is 6.07 Å². The van der Waals surface area contributed by atoms with Crippen LogP contribution in [0.25, 0.3) is 0 Å². The van der Waals surface area contributed by atoms with Gasteiger partial charge in [-0.25, -0.2) is 4.39 Å². The average Bonchev–Trinajstić information content (AvgIpc) is 2.20. The first-order chi connectivity index (χ1) is 7.49. The fourth-order valence-corrected chi connectivity index (χ4v) is 1.80. The molecule has 5 heteroatoms. The number of nitrogens with two attached hydrogens (primary N) is 1. The average molecular weight is 290 g/mol. The van der Waals surface area contributed by atoms with Gasteiger partial charge in [-0.15, -0.1) is 0 Å². The van der Waals surface area contributed by atoms with E-state index < -0.39 is 5.97 Å². The zero-order valence-corrected chi connectivity index (χ0v) is 10.2. The summed E-state index contributed by atoms with van der Waals surface area (Å²) in [7, 11) is 0. The smallest absolute Gasteiger partial charge is 0.303 e. The van der Waals surface area contributed by atoms with Crippen molar-refractivity contribution < 1.29 is 14.3 Å². The molecule has 0 aliphatic rings. The van der Waals surface area contributed by atoms with Gasteiger partial charge < -0.3 is 10.8 Å². The van der Waals surface area contributed by atoms with E-state index in [2.05, 4.69) is 15.9 Å². The fraction of sp³-hybridized carbons (Fsp3) is 0.364. The van der Waals surface area contributed by atoms with Crippen molar-refractivity contribution in [2.75, 3.05) is 0 Å². The number of aliphatic carboxylic acids is 1. The molecule has 0 radical (unpaired) electrons. The van der Waals surface area contributed by atoms with Crippen molar-refractivity contribution in [3.8, 4) is 0 Å². The SMILES string of the molecule is NC(CCC(=O)O)Cc1cc(Br)ccc1F. The molecular formula is C11H13BrFNO2. The maximum atomic E-state index is 13.3. The van der Waals surface area contributed by atoms with Crippen LogP contribution in [-0.4, -0.2) is 17.1 Å². The molecular weight excluding hydrogens is 277 g/mol. The van der Waals surface area contributed by atoms with E-state index in [1.54, 1.807) is 12.1 Å². The van der Waals surface area contributed by atoms with Crippen molar-refractivity contribution in [3.63, 3.8) is 0 Å². The molecule has 1 rings (SSSR count). The Labute approximate surface area is 102 Å². The lowest BCUT2D eigenvalue weighted by Crippen LogP contribution is -2.24. The molecule has 0 aromatic heterocycles. The molecule has 0 heterocycles. The highest BCUT2D eigenvalue weighted by Crippen LogP contribution is 2.17. The van der Waals surface area contributed by atoms with Crippen LogP contribution in [0.3, 0.4) is 0 Å². The Morgan fingerprint density at radius 3 is 2.88 bits per heavy atom. The third-order valence-corrected chi connectivity index (χ3v) is 2.71. The number of hydrogen-bond donors (Lipinski definition) is 2. The van der Waals surface area contributed by atoms with Crippen molar-refractivity contribution in [3.05, 3.63) is 34.1 Å². The second kappa shape index (κ2) is 5.96. The normalized spacial score (nSPS) is 12.4. The van der Waals surface area contributed by atoms with Crippen molar-refractivity contribution >= 4 is 21.9 Å². The standard InChI is InChI=1S/C11H13BrFNO2/c12-8-1-3-10(13)7(5-8)6-9(14)2-4-11(15)16/h1,3,5,9H,2,4,6,14H2,(H,15,16). The number of benzene rings is 1. The summed E-state index contributed by atoms with van der Waals surface area (Å²) in [5.41, 5.74) is 6.23. The summed E-state index contributed by atoms with van der Waals surface area (Å²) in [5.74, 6) is -1.20.